The van der Waals surface area contributed by atoms with Gasteiger partial charge in [-0.2, -0.15) is 0 Å². The van der Waals surface area contributed by atoms with Crippen molar-refractivity contribution in [3.05, 3.63) is 0 Å². The van der Waals surface area contributed by atoms with Gasteiger partial charge < -0.3 is 15.4 Å². The minimum atomic E-state index is -0.314. The van der Waals surface area contributed by atoms with Gasteiger partial charge in [-0.25, -0.2) is 4.79 Å². The first-order valence-corrected chi connectivity index (χ1v) is 5.16. The van der Waals surface area contributed by atoms with Crippen LogP contribution in [-0.2, 0) is 4.74 Å². The number of nitrogens with zero attached hydrogens (tertiary/aromatic N) is 1. The fraction of sp³-hybridized carbons (Fsp3) is 0.889. The first-order valence-electron chi connectivity index (χ1n) is 5.16. The molecule has 2 N–H and O–H groups in total. The van der Waals surface area contributed by atoms with Crippen LogP contribution in [0, 0.1) is 0 Å². The molecule has 5 heteroatoms. The molecule has 0 saturated carbocycles. The number of carbonyl (C=O) groups is 1. The van der Waals surface area contributed by atoms with E-state index in [4.69, 9.17) is 4.74 Å². The average molecular weight is 201 g/mol. The van der Waals surface area contributed by atoms with Crippen molar-refractivity contribution >= 4 is 6.09 Å². The molecule has 1 rings (SSSR count). The second-order valence-corrected chi connectivity index (χ2v) is 3.36. The molecule has 82 valence electrons. The van der Waals surface area contributed by atoms with E-state index in [1.165, 1.54) is 0 Å². The Balaban J connectivity index is 2.03. The Morgan fingerprint density at radius 3 is 2.86 bits per heavy atom. The highest BCUT2D eigenvalue weighted by Crippen LogP contribution is 1.92. The molecule has 0 aromatic heterocycles. The summed E-state index contributed by atoms with van der Waals surface area (Å²) in [4.78, 5) is 13.2. The van der Waals surface area contributed by atoms with Crippen molar-refractivity contribution < 1.29 is 9.53 Å². The zero-order valence-electron chi connectivity index (χ0n) is 8.71. The molecular formula is C9H19N3O2. The van der Waals surface area contributed by atoms with Crippen LogP contribution in [-0.4, -0.2) is 50.4 Å². The Kier molecular flexibility index (Phi) is 5.32. The normalized spacial score (nSPS) is 17.8. The lowest BCUT2D eigenvalue weighted by atomic mass is 10.4. The molecule has 5 nitrogen and oxygen atoms in total. The van der Waals surface area contributed by atoms with E-state index in [0.29, 0.717) is 13.3 Å². The number of piperazine rings is 1. The number of ether oxygens (including phenoxy) is 1. The fourth-order valence-electron chi connectivity index (χ4n) is 1.27. The molecule has 1 aliphatic rings. The van der Waals surface area contributed by atoms with Crippen molar-refractivity contribution in [2.45, 2.75) is 13.3 Å². The number of rotatable bonds is 4. The summed E-state index contributed by atoms with van der Waals surface area (Å²) in [5, 5.41) is 5.91. The molecule has 0 spiro atoms. The van der Waals surface area contributed by atoms with Gasteiger partial charge in [-0.3, -0.25) is 4.90 Å². The first-order chi connectivity index (χ1) is 6.83. The maximum absolute atomic E-state index is 11.1. The van der Waals surface area contributed by atoms with E-state index in [2.05, 4.69) is 15.5 Å². The van der Waals surface area contributed by atoms with E-state index >= 15 is 0 Å². The Hall–Kier alpha value is -0.810. The minimum absolute atomic E-state index is 0.314. The van der Waals surface area contributed by atoms with Crippen molar-refractivity contribution in [1.82, 2.24) is 15.5 Å². The largest absolute Gasteiger partial charge is 0.433 e. The second-order valence-electron chi connectivity index (χ2n) is 3.36. The van der Waals surface area contributed by atoms with E-state index < -0.39 is 0 Å². The SMILES string of the molecule is CCCNC(=O)OCN1CCNCC1. The van der Waals surface area contributed by atoms with Crippen LogP contribution in [0.15, 0.2) is 0 Å². The molecule has 1 fully saturated rings. The van der Waals surface area contributed by atoms with Crippen LogP contribution in [0.1, 0.15) is 13.3 Å². The van der Waals surface area contributed by atoms with Crippen LogP contribution >= 0.6 is 0 Å². The van der Waals surface area contributed by atoms with Crippen molar-refractivity contribution in [1.29, 1.82) is 0 Å². The third-order valence-electron chi connectivity index (χ3n) is 2.11. The van der Waals surface area contributed by atoms with Crippen molar-refractivity contribution in [2.75, 3.05) is 39.5 Å². The highest BCUT2D eigenvalue weighted by Gasteiger charge is 2.10. The molecule has 1 heterocycles. The molecule has 0 radical (unpaired) electrons. The predicted molar refractivity (Wildman–Crippen MR) is 54.1 cm³/mol. The smallest absolute Gasteiger partial charge is 0.408 e. The van der Waals surface area contributed by atoms with Gasteiger partial charge in [-0.15, -0.1) is 0 Å². The molecule has 0 aliphatic carbocycles. The van der Waals surface area contributed by atoms with E-state index in [0.717, 1.165) is 32.6 Å². The molecule has 14 heavy (non-hydrogen) atoms. The second kappa shape index (κ2) is 6.62. The monoisotopic (exact) mass is 201 g/mol. The molecule has 1 saturated heterocycles. The Morgan fingerprint density at radius 2 is 2.21 bits per heavy atom. The Labute approximate surface area is 84.8 Å². The number of nitrogens with one attached hydrogen (secondary N) is 2. The lowest BCUT2D eigenvalue weighted by Gasteiger charge is -2.26. The van der Waals surface area contributed by atoms with E-state index in [-0.39, 0.29) is 6.09 Å². The van der Waals surface area contributed by atoms with E-state index in [9.17, 15) is 4.79 Å². The lowest BCUT2D eigenvalue weighted by molar-refractivity contribution is 0.0619. The predicted octanol–water partition coefficient (Wildman–Crippen LogP) is -0.0147. The van der Waals surface area contributed by atoms with Crippen molar-refractivity contribution in [3.63, 3.8) is 0 Å². The number of carbonyl (C=O) groups excluding carboxylic acids is 1. The van der Waals surface area contributed by atoms with Crippen LogP contribution in [0.4, 0.5) is 4.79 Å². The maximum atomic E-state index is 11.1. The Bertz CT molecular complexity index is 169. The third kappa shape index (κ3) is 4.43. The van der Waals surface area contributed by atoms with Gasteiger partial charge in [-0.05, 0) is 6.42 Å². The van der Waals surface area contributed by atoms with Crippen LogP contribution in [0.5, 0.6) is 0 Å². The lowest BCUT2D eigenvalue weighted by Crippen LogP contribution is -2.45. The average Bonchev–Trinajstić information content (AvgIpc) is 2.25. The van der Waals surface area contributed by atoms with E-state index in [1.807, 2.05) is 6.92 Å². The van der Waals surface area contributed by atoms with Gasteiger partial charge in [-0.1, -0.05) is 6.92 Å². The minimum Gasteiger partial charge on any atom is -0.433 e. The quantitative estimate of drug-likeness (QED) is 0.671. The summed E-state index contributed by atoms with van der Waals surface area (Å²) >= 11 is 0. The van der Waals surface area contributed by atoms with Crippen LogP contribution in [0.3, 0.4) is 0 Å². The van der Waals surface area contributed by atoms with Gasteiger partial charge in [0.2, 0.25) is 0 Å². The zero-order valence-corrected chi connectivity index (χ0v) is 8.71. The molecule has 0 bridgehead atoms. The maximum Gasteiger partial charge on any atom is 0.408 e. The molecule has 0 unspecified atom stereocenters. The third-order valence-corrected chi connectivity index (χ3v) is 2.11. The summed E-state index contributed by atoms with van der Waals surface area (Å²) < 4.78 is 5.03. The highest BCUT2D eigenvalue weighted by atomic mass is 16.6. The molecule has 1 amide bonds. The number of hydrogen-bond donors (Lipinski definition) is 2. The van der Waals surface area contributed by atoms with Crippen LogP contribution < -0.4 is 10.6 Å². The van der Waals surface area contributed by atoms with Gasteiger partial charge >= 0.3 is 6.09 Å². The zero-order chi connectivity index (χ0) is 10.2. The number of alkyl carbamates (subject to hydrolysis) is 1. The summed E-state index contributed by atoms with van der Waals surface area (Å²) in [7, 11) is 0. The van der Waals surface area contributed by atoms with Gasteiger partial charge in [0, 0.05) is 32.7 Å². The molecule has 0 aromatic carbocycles. The van der Waals surface area contributed by atoms with Gasteiger partial charge in [0.05, 0.1) is 0 Å². The summed E-state index contributed by atoms with van der Waals surface area (Å²) in [5.74, 6) is 0. The molecular weight excluding hydrogens is 182 g/mol. The standard InChI is InChI=1S/C9H19N3O2/c1-2-3-11-9(13)14-8-12-6-4-10-5-7-12/h10H,2-8H2,1H3,(H,11,13). The van der Waals surface area contributed by atoms with Gasteiger partial charge in [0.15, 0.2) is 0 Å². The topological polar surface area (TPSA) is 53.6 Å². The van der Waals surface area contributed by atoms with Crippen molar-refractivity contribution in [3.8, 4) is 0 Å². The Morgan fingerprint density at radius 1 is 1.50 bits per heavy atom. The summed E-state index contributed by atoms with van der Waals surface area (Å²) in [5.41, 5.74) is 0. The molecule has 0 atom stereocenters. The summed E-state index contributed by atoms with van der Waals surface area (Å²) in [6.45, 7) is 6.93. The highest BCUT2D eigenvalue weighted by molar-refractivity contribution is 5.66. The first kappa shape index (κ1) is 11.3. The van der Waals surface area contributed by atoms with Crippen molar-refractivity contribution in [2.24, 2.45) is 0 Å². The molecule has 1 aliphatic heterocycles. The summed E-state index contributed by atoms with van der Waals surface area (Å²) in [6, 6.07) is 0. The van der Waals surface area contributed by atoms with Crippen LogP contribution in [0.2, 0.25) is 0 Å². The van der Waals surface area contributed by atoms with Gasteiger partial charge in [0.1, 0.15) is 6.73 Å². The fourth-order valence-corrected chi connectivity index (χ4v) is 1.27. The van der Waals surface area contributed by atoms with Crippen LogP contribution in [0.25, 0.3) is 0 Å². The molecule has 0 aromatic rings. The number of amides is 1. The van der Waals surface area contributed by atoms with E-state index in [1.54, 1.807) is 0 Å². The van der Waals surface area contributed by atoms with Gasteiger partial charge in [0.25, 0.3) is 0 Å². The summed E-state index contributed by atoms with van der Waals surface area (Å²) in [6.07, 6.45) is 0.619. The number of hydrogen-bond acceptors (Lipinski definition) is 4.